The van der Waals surface area contributed by atoms with Crippen LogP contribution in [0.3, 0.4) is 0 Å². The van der Waals surface area contributed by atoms with Gasteiger partial charge in [-0.05, 0) is 37.7 Å². The van der Waals surface area contributed by atoms with Gasteiger partial charge in [0.15, 0.2) is 0 Å². The van der Waals surface area contributed by atoms with Crippen LogP contribution < -0.4 is 10.9 Å². The van der Waals surface area contributed by atoms with Crippen LogP contribution in [0.15, 0.2) is 23.1 Å². The van der Waals surface area contributed by atoms with Crippen LogP contribution >= 0.6 is 0 Å². The third-order valence-electron chi connectivity index (χ3n) is 3.79. The largest absolute Gasteiger partial charge is 0.481 e. The SMILES string of the molecule is O=C(NCC1CCC(C(=O)O)CC1)c1ccc(=O)[nH]c1. The number of nitrogens with one attached hydrogen (secondary N) is 2. The molecule has 6 nitrogen and oxygen atoms in total. The van der Waals surface area contributed by atoms with E-state index in [1.807, 2.05) is 0 Å². The van der Waals surface area contributed by atoms with E-state index in [0.717, 1.165) is 12.8 Å². The molecule has 0 spiro atoms. The molecule has 0 atom stereocenters. The monoisotopic (exact) mass is 278 g/mol. The van der Waals surface area contributed by atoms with Crippen LogP contribution in [0.1, 0.15) is 36.0 Å². The number of carboxylic acids is 1. The normalized spacial score (nSPS) is 22.2. The zero-order valence-electron chi connectivity index (χ0n) is 11.1. The highest BCUT2D eigenvalue weighted by atomic mass is 16.4. The average Bonchev–Trinajstić information content (AvgIpc) is 2.46. The first-order valence-electron chi connectivity index (χ1n) is 6.76. The zero-order valence-corrected chi connectivity index (χ0v) is 11.1. The predicted octanol–water partition coefficient (Wildman–Crippen LogP) is 0.996. The Bertz CT molecular complexity index is 524. The van der Waals surface area contributed by atoms with Gasteiger partial charge in [-0.25, -0.2) is 0 Å². The predicted molar refractivity (Wildman–Crippen MR) is 72.5 cm³/mol. The summed E-state index contributed by atoms with van der Waals surface area (Å²) in [7, 11) is 0. The van der Waals surface area contributed by atoms with E-state index in [1.54, 1.807) is 0 Å². The first-order valence-corrected chi connectivity index (χ1v) is 6.76. The summed E-state index contributed by atoms with van der Waals surface area (Å²) in [6.45, 7) is 0.546. The Hall–Kier alpha value is -2.11. The Balaban J connectivity index is 1.78. The molecule has 6 heteroatoms. The van der Waals surface area contributed by atoms with E-state index in [-0.39, 0.29) is 17.4 Å². The molecule has 3 N–H and O–H groups in total. The van der Waals surface area contributed by atoms with Gasteiger partial charge in [-0.15, -0.1) is 0 Å². The van der Waals surface area contributed by atoms with Gasteiger partial charge in [0.25, 0.3) is 5.91 Å². The van der Waals surface area contributed by atoms with E-state index >= 15 is 0 Å². The fourth-order valence-corrected chi connectivity index (χ4v) is 2.50. The highest BCUT2D eigenvalue weighted by molar-refractivity contribution is 5.93. The van der Waals surface area contributed by atoms with Crippen molar-refractivity contribution in [1.29, 1.82) is 0 Å². The van der Waals surface area contributed by atoms with Crippen molar-refractivity contribution in [3.63, 3.8) is 0 Å². The van der Waals surface area contributed by atoms with Crippen molar-refractivity contribution in [2.45, 2.75) is 25.7 Å². The Labute approximate surface area is 116 Å². The summed E-state index contributed by atoms with van der Waals surface area (Å²) in [6.07, 6.45) is 4.38. The van der Waals surface area contributed by atoms with E-state index in [2.05, 4.69) is 10.3 Å². The number of hydrogen-bond acceptors (Lipinski definition) is 3. The quantitative estimate of drug-likeness (QED) is 0.765. The molecule has 1 aromatic rings. The van der Waals surface area contributed by atoms with E-state index < -0.39 is 5.97 Å². The Morgan fingerprint density at radius 2 is 1.95 bits per heavy atom. The third kappa shape index (κ3) is 3.69. The minimum Gasteiger partial charge on any atom is -0.481 e. The molecule has 0 aliphatic heterocycles. The fourth-order valence-electron chi connectivity index (χ4n) is 2.50. The molecule has 1 fully saturated rings. The lowest BCUT2D eigenvalue weighted by Gasteiger charge is -2.26. The molecule has 0 bridgehead atoms. The maximum absolute atomic E-state index is 11.8. The number of aliphatic carboxylic acids is 1. The molecule has 0 radical (unpaired) electrons. The van der Waals surface area contributed by atoms with Gasteiger partial charge < -0.3 is 15.4 Å². The summed E-state index contributed by atoms with van der Waals surface area (Å²) in [5.74, 6) is -0.846. The molecular formula is C14H18N2O4. The number of pyridine rings is 1. The molecule has 0 saturated heterocycles. The summed E-state index contributed by atoms with van der Waals surface area (Å²) in [4.78, 5) is 36.0. The minimum absolute atomic E-state index is 0.221. The van der Waals surface area contributed by atoms with Gasteiger partial charge in [0, 0.05) is 18.8 Å². The van der Waals surface area contributed by atoms with Crippen LogP contribution in [0.5, 0.6) is 0 Å². The first kappa shape index (κ1) is 14.3. The minimum atomic E-state index is -0.722. The number of carboxylic acid groups (broad SMARTS) is 1. The number of rotatable bonds is 4. The number of carbonyl (C=O) groups excluding carboxylic acids is 1. The van der Waals surface area contributed by atoms with Gasteiger partial charge >= 0.3 is 5.97 Å². The number of hydrogen-bond donors (Lipinski definition) is 3. The van der Waals surface area contributed by atoms with E-state index in [9.17, 15) is 14.4 Å². The highest BCUT2D eigenvalue weighted by Gasteiger charge is 2.25. The molecular weight excluding hydrogens is 260 g/mol. The van der Waals surface area contributed by atoms with Crippen molar-refractivity contribution in [3.05, 3.63) is 34.2 Å². The Kier molecular flexibility index (Phi) is 4.55. The number of carbonyl (C=O) groups is 2. The average molecular weight is 278 g/mol. The van der Waals surface area contributed by atoms with E-state index in [4.69, 9.17) is 5.11 Å². The van der Waals surface area contributed by atoms with Crippen molar-refractivity contribution in [3.8, 4) is 0 Å². The van der Waals surface area contributed by atoms with Crippen LogP contribution in [-0.4, -0.2) is 28.5 Å². The van der Waals surface area contributed by atoms with Gasteiger partial charge in [0.05, 0.1) is 11.5 Å². The van der Waals surface area contributed by atoms with Crippen LogP contribution in [0, 0.1) is 11.8 Å². The maximum atomic E-state index is 11.8. The number of amides is 1. The lowest BCUT2D eigenvalue weighted by Crippen LogP contribution is -2.32. The molecule has 20 heavy (non-hydrogen) atoms. The van der Waals surface area contributed by atoms with E-state index in [0.29, 0.717) is 30.9 Å². The van der Waals surface area contributed by atoms with Crippen LogP contribution in [0.2, 0.25) is 0 Å². The molecule has 0 aromatic carbocycles. The summed E-state index contributed by atoms with van der Waals surface area (Å²) >= 11 is 0. The van der Waals surface area contributed by atoms with Gasteiger partial charge in [0.1, 0.15) is 0 Å². The molecule has 0 unspecified atom stereocenters. The molecule has 1 amide bonds. The lowest BCUT2D eigenvalue weighted by atomic mass is 9.82. The summed E-state index contributed by atoms with van der Waals surface area (Å²) in [6, 6.07) is 2.79. The fraction of sp³-hybridized carbons (Fsp3) is 0.500. The molecule has 108 valence electrons. The van der Waals surface area contributed by atoms with Crippen molar-refractivity contribution in [1.82, 2.24) is 10.3 Å². The van der Waals surface area contributed by atoms with Crippen molar-refractivity contribution >= 4 is 11.9 Å². The lowest BCUT2D eigenvalue weighted by molar-refractivity contribution is -0.143. The second kappa shape index (κ2) is 6.36. The van der Waals surface area contributed by atoms with Crippen molar-refractivity contribution in [2.75, 3.05) is 6.54 Å². The molecule has 1 aliphatic rings. The van der Waals surface area contributed by atoms with Gasteiger partial charge in [-0.3, -0.25) is 14.4 Å². The molecule has 2 rings (SSSR count). The summed E-state index contributed by atoms with van der Waals surface area (Å²) < 4.78 is 0. The van der Waals surface area contributed by atoms with Crippen molar-refractivity contribution in [2.24, 2.45) is 11.8 Å². The molecule has 1 heterocycles. The highest BCUT2D eigenvalue weighted by Crippen LogP contribution is 2.28. The molecule has 1 saturated carbocycles. The van der Waals surface area contributed by atoms with E-state index in [1.165, 1.54) is 18.3 Å². The van der Waals surface area contributed by atoms with Gasteiger partial charge in [-0.2, -0.15) is 0 Å². The number of aromatic nitrogens is 1. The maximum Gasteiger partial charge on any atom is 0.306 e. The Morgan fingerprint density at radius 1 is 1.25 bits per heavy atom. The zero-order chi connectivity index (χ0) is 14.5. The van der Waals surface area contributed by atoms with Crippen LogP contribution in [0.4, 0.5) is 0 Å². The summed E-state index contributed by atoms with van der Waals surface area (Å²) in [5.41, 5.74) is 0.178. The third-order valence-corrected chi connectivity index (χ3v) is 3.79. The number of aromatic amines is 1. The van der Waals surface area contributed by atoms with Crippen LogP contribution in [-0.2, 0) is 4.79 Å². The molecule has 1 aromatic heterocycles. The standard InChI is InChI=1S/C14H18N2O4/c17-12-6-5-11(8-15-12)13(18)16-7-9-1-3-10(4-2-9)14(19)20/h5-6,8-10H,1-4,7H2,(H,15,17)(H,16,18)(H,19,20). The van der Waals surface area contributed by atoms with Crippen molar-refractivity contribution < 1.29 is 14.7 Å². The van der Waals surface area contributed by atoms with Gasteiger partial charge in [-0.1, -0.05) is 0 Å². The summed E-state index contributed by atoms with van der Waals surface area (Å²) in [5, 5.41) is 11.7. The smallest absolute Gasteiger partial charge is 0.306 e. The first-order chi connectivity index (χ1) is 9.56. The topological polar surface area (TPSA) is 99.3 Å². The Morgan fingerprint density at radius 3 is 2.50 bits per heavy atom. The van der Waals surface area contributed by atoms with Crippen LogP contribution in [0.25, 0.3) is 0 Å². The number of H-pyrrole nitrogens is 1. The molecule has 1 aliphatic carbocycles. The van der Waals surface area contributed by atoms with Gasteiger partial charge in [0.2, 0.25) is 5.56 Å². The second-order valence-electron chi connectivity index (χ2n) is 5.21. The second-order valence-corrected chi connectivity index (χ2v) is 5.21.